The Bertz CT molecular complexity index is 1260. The molecule has 33 heavy (non-hydrogen) atoms. The van der Waals surface area contributed by atoms with Crippen molar-refractivity contribution in [2.75, 3.05) is 12.4 Å². The number of carbonyl (C=O) groups excluding carboxylic acids is 1. The number of rotatable bonds is 5. The minimum absolute atomic E-state index is 0.0539. The van der Waals surface area contributed by atoms with Crippen molar-refractivity contribution in [1.29, 1.82) is 0 Å². The molecule has 0 saturated heterocycles. The topological polar surface area (TPSA) is 47.6 Å². The van der Waals surface area contributed by atoms with E-state index in [0.29, 0.717) is 11.3 Å². The number of fused-ring (bicyclic) bond motifs is 1. The normalized spacial score (nSPS) is 14.1. The molecule has 0 unspecified atom stereocenters. The first-order valence-corrected chi connectivity index (χ1v) is 10.6. The van der Waals surface area contributed by atoms with Crippen molar-refractivity contribution in [3.05, 3.63) is 89.0 Å². The number of nitrogens with one attached hydrogen (secondary N) is 1. The van der Waals surface area contributed by atoms with Gasteiger partial charge in [-0.1, -0.05) is 18.2 Å². The van der Waals surface area contributed by atoms with Gasteiger partial charge in [-0.15, -0.1) is 0 Å². The molecular formula is C27H25F2NO3. The van der Waals surface area contributed by atoms with Gasteiger partial charge in [0.05, 0.1) is 18.2 Å². The standard InChI is InChI=1S/C27H25F2NO3/c1-16-14-27(2,3)30-23-11-10-20(21-9-8-19(29)13-24(21)32-4)22(25(16)23)15-33-26(31)17-6-5-7-18(28)12-17/h5-14,30H,15H2,1-4H3. The van der Waals surface area contributed by atoms with Gasteiger partial charge < -0.3 is 14.8 Å². The third-order valence-corrected chi connectivity index (χ3v) is 5.60. The molecule has 1 aliphatic rings. The summed E-state index contributed by atoms with van der Waals surface area (Å²) in [6, 6.07) is 13.6. The van der Waals surface area contributed by atoms with Crippen LogP contribution < -0.4 is 10.1 Å². The van der Waals surface area contributed by atoms with Gasteiger partial charge in [-0.25, -0.2) is 13.6 Å². The Morgan fingerprint density at radius 3 is 2.45 bits per heavy atom. The molecule has 0 amide bonds. The highest BCUT2D eigenvalue weighted by Gasteiger charge is 2.27. The van der Waals surface area contributed by atoms with Crippen molar-refractivity contribution in [2.24, 2.45) is 0 Å². The molecule has 170 valence electrons. The van der Waals surface area contributed by atoms with Gasteiger partial charge >= 0.3 is 5.97 Å². The van der Waals surface area contributed by atoms with Crippen molar-refractivity contribution in [3.63, 3.8) is 0 Å². The van der Waals surface area contributed by atoms with E-state index in [2.05, 4.69) is 25.2 Å². The van der Waals surface area contributed by atoms with Gasteiger partial charge in [-0.3, -0.25) is 0 Å². The molecule has 0 fully saturated rings. The van der Waals surface area contributed by atoms with Gasteiger partial charge in [0.1, 0.15) is 24.0 Å². The second kappa shape index (κ2) is 8.70. The average Bonchev–Trinajstić information content (AvgIpc) is 2.76. The number of benzene rings is 3. The van der Waals surface area contributed by atoms with Gasteiger partial charge in [-0.05, 0) is 68.3 Å². The number of hydrogen-bond acceptors (Lipinski definition) is 4. The monoisotopic (exact) mass is 449 g/mol. The van der Waals surface area contributed by atoms with E-state index >= 15 is 0 Å². The lowest BCUT2D eigenvalue weighted by Crippen LogP contribution is -2.32. The van der Waals surface area contributed by atoms with Crippen LogP contribution in [0.2, 0.25) is 0 Å². The van der Waals surface area contributed by atoms with E-state index in [1.807, 2.05) is 19.1 Å². The summed E-state index contributed by atoms with van der Waals surface area (Å²) in [5.74, 6) is -1.18. The van der Waals surface area contributed by atoms with E-state index in [-0.39, 0.29) is 17.7 Å². The second-order valence-corrected chi connectivity index (χ2v) is 8.62. The molecule has 0 spiro atoms. The van der Waals surface area contributed by atoms with E-state index in [1.165, 1.54) is 37.4 Å². The lowest BCUT2D eigenvalue weighted by molar-refractivity contribution is 0.0472. The number of anilines is 1. The largest absolute Gasteiger partial charge is 0.496 e. The highest BCUT2D eigenvalue weighted by atomic mass is 19.1. The zero-order valence-corrected chi connectivity index (χ0v) is 19.0. The second-order valence-electron chi connectivity index (χ2n) is 8.62. The first kappa shape index (κ1) is 22.5. The number of ether oxygens (including phenoxy) is 2. The molecule has 1 aliphatic heterocycles. The summed E-state index contributed by atoms with van der Waals surface area (Å²) in [5, 5.41) is 3.49. The Morgan fingerprint density at radius 1 is 1.00 bits per heavy atom. The molecule has 0 aromatic heterocycles. The van der Waals surface area contributed by atoms with Crippen molar-refractivity contribution >= 4 is 17.2 Å². The van der Waals surface area contributed by atoms with Crippen LogP contribution >= 0.6 is 0 Å². The lowest BCUT2D eigenvalue weighted by Gasteiger charge is -2.33. The summed E-state index contributed by atoms with van der Waals surface area (Å²) in [5.41, 5.74) is 4.90. The zero-order chi connectivity index (χ0) is 23.8. The van der Waals surface area contributed by atoms with E-state index in [9.17, 15) is 13.6 Å². The molecule has 0 bridgehead atoms. The maximum Gasteiger partial charge on any atom is 0.338 e. The highest BCUT2D eigenvalue weighted by Crippen LogP contribution is 2.42. The minimum atomic E-state index is -0.630. The van der Waals surface area contributed by atoms with Gasteiger partial charge in [0.25, 0.3) is 0 Å². The van der Waals surface area contributed by atoms with Gasteiger partial charge in [0.15, 0.2) is 0 Å². The third kappa shape index (κ3) is 4.60. The molecule has 0 aliphatic carbocycles. The summed E-state index contributed by atoms with van der Waals surface area (Å²) in [4.78, 5) is 12.6. The van der Waals surface area contributed by atoms with Crippen LogP contribution in [0.4, 0.5) is 14.5 Å². The fraction of sp³-hybridized carbons (Fsp3) is 0.222. The molecule has 3 aromatic carbocycles. The molecule has 1 N–H and O–H groups in total. The van der Waals surface area contributed by atoms with Crippen LogP contribution in [0, 0.1) is 11.6 Å². The Balaban J connectivity index is 1.82. The zero-order valence-electron chi connectivity index (χ0n) is 19.0. The highest BCUT2D eigenvalue weighted by molar-refractivity contribution is 5.91. The number of halogens is 2. The van der Waals surface area contributed by atoms with Crippen LogP contribution in [0.3, 0.4) is 0 Å². The minimum Gasteiger partial charge on any atom is -0.496 e. The average molecular weight is 449 g/mol. The number of esters is 1. The van der Waals surface area contributed by atoms with E-state index in [1.54, 1.807) is 6.07 Å². The lowest BCUT2D eigenvalue weighted by atomic mass is 9.85. The predicted octanol–water partition coefficient (Wildman–Crippen LogP) is 6.60. The van der Waals surface area contributed by atoms with Crippen LogP contribution in [0.5, 0.6) is 5.75 Å². The summed E-state index contributed by atoms with van der Waals surface area (Å²) in [7, 11) is 1.48. The number of allylic oxidation sites excluding steroid dienone is 1. The van der Waals surface area contributed by atoms with Crippen molar-refractivity contribution in [3.8, 4) is 16.9 Å². The first-order valence-electron chi connectivity index (χ1n) is 10.6. The van der Waals surface area contributed by atoms with Crippen LogP contribution in [-0.4, -0.2) is 18.6 Å². The van der Waals surface area contributed by atoms with Crippen molar-refractivity contribution < 1.29 is 23.0 Å². The third-order valence-electron chi connectivity index (χ3n) is 5.60. The Hall–Kier alpha value is -3.67. The Morgan fingerprint density at radius 2 is 1.73 bits per heavy atom. The van der Waals surface area contributed by atoms with Gasteiger partial charge in [0.2, 0.25) is 0 Å². The number of carbonyl (C=O) groups is 1. The van der Waals surface area contributed by atoms with Crippen molar-refractivity contribution in [2.45, 2.75) is 32.9 Å². The van der Waals surface area contributed by atoms with Gasteiger partial charge in [0, 0.05) is 28.4 Å². The van der Waals surface area contributed by atoms with Crippen LogP contribution in [0.25, 0.3) is 16.7 Å². The van der Waals surface area contributed by atoms with E-state index in [0.717, 1.165) is 34.0 Å². The predicted molar refractivity (Wildman–Crippen MR) is 125 cm³/mol. The smallest absolute Gasteiger partial charge is 0.338 e. The number of hydrogen-bond donors (Lipinski definition) is 1. The summed E-state index contributed by atoms with van der Waals surface area (Å²) in [6.45, 7) is 6.09. The SMILES string of the molecule is COc1cc(F)ccc1-c1ccc2c(c1COC(=O)c1cccc(F)c1)C(C)=CC(C)(C)N2. The molecule has 0 atom stereocenters. The summed E-state index contributed by atoms with van der Waals surface area (Å²) >= 11 is 0. The summed E-state index contributed by atoms with van der Waals surface area (Å²) in [6.07, 6.45) is 2.11. The molecule has 3 aromatic rings. The molecular weight excluding hydrogens is 424 g/mol. The quantitative estimate of drug-likeness (QED) is 0.446. The fourth-order valence-corrected chi connectivity index (χ4v) is 4.33. The molecule has 1 heterocycles. The summed E-state index contributed by atoms with van der Waals surface area (Å²) < 4.78 is 38.5. The molecule has 4 rings (SSSR count). The maximum absolute atomic E-state index is 13.8. The van der Waals surface area contributed by atoms with E-state index in [4.69, 9.17) is 9.47 Å². The molecule has 6 heteroatoms. The Kier molecular flexibility index (Phi) is 5.93. The maximum atomic E-state index is 13.8. The van der Waals surface area contributed by atoms with Crippen LogP contribution in [-0.2, 0) is 11.3 Å². The first-order chi connectivity index (χ1) is 15.7. The van der Waals surface area contributed by atoms with Crippen molar-refractivity contribution in [1.82, 2.24) is 0 Å². The number of methoxy groups -OCH3 is 1. The van der Waals surface area contributed by atoms with Crippen LogP contribution in [0.1, 0.15) is 42.3 Å². The molecule has 4 nitrogen and oxygen atoms in total. The fourth-order valence-electron chi connectivity index (χ4n) is 4.33. The molecule has 0 saturated carbocycles. The van der Waals surface area contributed by atoms with Gasteiger partial charge in [-0.2, -0.15) is 0 Å². The molecule has 0 radical (unpaired) electrons. The van der Waals surface area contributed by atoms with Crippen LogP contribution in [0.15, 0.2) is 60.7 Å². The Labute approximate surface area is 191 Å². The van der Waals surface area contributed by atoms with E-state index < -0.39 is 17.6 Å².